The smallest absolute Gasteiger partial charge is 0.196 e. The molecule has 0 saturated heterocycles. The third-order valence-corrected chi connectivity index (χ3v) is 6.37. The van der Waals surface area contributed by atoms with Gasteiger partial charge in [0, 0.05) is 42.6 Å². The summed E-state index contributed by atoms with van der Waals surface area (Å²) in [5.74, 6) is -0.545. The summed E-state index contributed by atoms with van der Waals surface area (Å²) in [7, 11) is 3.06. The van der Waals surface area contributed by atoms with Crippen LogP contribution >= 0.6 is 0 Å². The van der Waals surface area contributed by atoms with E-state index in [1.54, 1.807) is 31.2 Å². The molecule has 0 aromatic heterocycles. The maximum absolute atomic E-state index is 13.5. The lowest BCUT2D eigenvalue weighted by atomic mass is 9.74. The quantitative estimate of drug-likeness (QED) is 0.357. The third kappa shape index (κ3) is 3.43. The second kappa shape index (κ2) is 8.24. The molecule has 7 nitrogen and oxygen atoms in total. The highest BCUT2D eigenvalue weighted by Gasteiger charge is 2.38. The molecule has 2 aliphatic rings. The maximum Gasteiger partial charge on any atom is 0.196 e. The number of anilines is 2. The molecule has 2 aromatic rings. The fraction of sp³-hybridized carbons (Fsp3) is 0.375. The number of hydrogen-bond acceptors (Lipinski definition) is 7. The average Bonchev–Trinajstić information content (AvgIpc) is 2.78. The van der Waals surface area contributed by atoms with Crippen molar-refractivity contribution < 1.29 is 23.9 Å². The van der Waals surface area contributed by atoms with Crippen molar-refractivity contribution in [3.8, 4) is 0 Å². The number of benzene rings is 2. The minimum Gasteiger partial charge on any atom is -0.398 e. The molecule has 0 bridgehead atoms. The van der Waals surface area contributed by atoms with Gasteiger partial charge in [0.1, 0.15) is 5.78 Å². The lowest BCUT2D eigenvalue weighted by molar-refractivity contribution is -0.121. The van der Waals surface area contributed by atoms with E-state index in [-0.39, 0.29) is 40.9 Å². The Morgan fingerprint density at radius 1 is 1.10 bits per heavy atom. The number of fused-ring (bicyclic) bond motifs is 3. The van der Waals surface area contributed by atoms with Gasteiger partial charge >= 0.3 is 0 Å². The van der Waals surface area contributed by atoms with E-state index in [4.69, 9.17) is 15.2 Å². The molecule has 0 radical (unpaired) electrons. The first-order chi connectivity index (χ1) is 14.9. The zero-order valence-electron chi connectivity index (χ0n) is 17.9. The third-order valence-electron chi connectivity index (χ3n) is 6.37. The van der Waals surface area contributed by atoms with Crippen LogP contribution in [0.3, 0.4) is 0 Å². The second-order valence-corrected chi connectivity index (χ2v) is 8.03. The van der Waals surface area contributed by atoms with E-state index in [1.165, 1.54) is 14.2 Å². The van der Waals surface area contributed by atoms with Gasteiger partial charge in [0.2, 0.25) is 0 Å². The van der Waals surface area contributed by atoms with Gasteiger partial charge < -0.3 is 20.5 Å². The van der Waals surface area contributed by atoms with Gasteiger partial charge in [-0.05, 0) is 37.3 Å². The number of ether oxygens (including phenoxy) is 2. The summed E-state index contributed by atoms with van der Waals surface area (Å²) in [4.78, 5) is 39.0. The summed E-state index contributed by atoms with van der Waals surface area (Å²) in [6.07, 6.45) is 1.17. The maximum atomic E-state index is 13.5. The largest absolute Gasteiger partial charge is 0.398 e. The van der Waals surface area contributed by atoms with Crippen molar-refractivity contribution in [3.63, 3.8) is 0 Å². The van der Waals surface area contributed by atoms with Gasteiger partial charge in [-0.25, -0.2) is 0 Å². The second-order valence-electron chi connectivity index (χ2n) is 8.03. The van der Waals surface area contributed by atoms with Crippen LogP contribution in [0.5, 0.6) is 0 Å². The Hall–Kier alpha value is -3.03. The fourth-order valence-corrected chi connectivity index (χ4v) is 4.65. The Balaban J connectivity index is 1.94. The molecule has 0 spiro atoms. The van der Waals surface area contributed by atoms with Crippen molar-refractivity contribution >= 4 is 28.7 Å². The van der Waals surface area contributed by atoms with E-state index in [2.05, 4.69) is 5.32 Å². The van der Waals surface area contributed by atoms with Gasteiger partial charge in [-0.3, -0.25) is 14.4 Å². The first kappa shape index (κ1) is 21.2. The summed E-state index contributed by atoms with van der Waals surface area (Å²) >= 11 is 0. The summed E-state index contributed by atoms with van der Waals surface area (Å²) in [6, 6.07) is 6.79. The molecule has 1 atom stereocenters. The van der Waals surface area contributed by atoms with Crippen molar-refractivity contribution in [1.82, 2.24) is 0 Å². The summed E-state index contributed by atoms with van der Waals surface area (Å²) in [5, 5.41) is 3.28. The number of nitrogens with one attached hydrogen (secondary N) is 1. The fourth-order valence-electron chi connectivity index (χ4n) is 4.65. The number of nitrogen functional groups attached to an aromatic ring is 1. The van der Waals surface area contributed by atoms with Crippen LogP contribution in [0.25, 0.3) is 0 Å². The van der Waals surface area contributed by atoms with E-state index >= 15 is 0 Å². The SMILES string of the molecule is COC(CNc1c2c(c(N)c3c1C(=O)c1ccccc1C3=O)CCC(C(C)=O)C2)OC. The van der Waals surface area contributed by atoms with Gasteiger partial charge in [-0.2, -0.15) is 0 Å². The molecule has 162 valence electrons. The number of hydrogen-bond donors (Lipinski definition) is 2. The van der Waals surface area contributed by atoms with E-state index in [0.717, 1.165) is 11.1 Å². The van der Waals surface area contributed by atoms with Gasteiger partial charge in [0.25, 0.3) is 0 Å². The van der Waals surface area contributed by atoms with Crippen molar-refractivity contribution in [3.05, 3.63) is 57.6 Å². The highest BCUT2D eigenvalue weighted by molar-refractivity contribution is 6.32. The molecule has 31 heavy (non-hydrogen) atoms. The molecule has 1 unspecified atom stereocenters. The van der Waals surface area contributed by atoms with Crippen LogP contribution in [0.2, 0.25) is 0 Å². The topological polar surface area (TPSA) is 108 Å². The number of rotatable bonds is 6. The van der Waals surface area contributed by atoms with Crippen molar-refractivity contribution in [2.75, 3.05) is 31.8 Å². The van der Waals surface area contributed by atoms with Crippen molar-refractivity contribution in [2.45, 2.75) is 32.5 Å². The molecule has 0 heterocycles. The molecule has 2 aliphatic carbocycles. The Labute approximate surface area is 180 Å². The van der Waals surface area contributed by atoms with E-state index in [1.807, 2.05) is 0 Å². The molecule has 0 fully saturated rings. The Morgan fingerprint density at radius 2 is 1.71 bits per heavy atom. The van der Waals surface area contributed by atoms with Gasteiger partial charge in [-0.15, -0.1) is 0 Å². The molecule has 2 aromatic carbocycles. The zero-order valence-corrected chi connectivity index (χ0v) is 17.9. The number of Topliss-reactive ketones (excluding diaryl/α,β-unsaturated/α-hetero) is 1. The van der Waals surface area contributed by atoms with Crippen LogP contribution in [0.4, 0.5) is 11.4 Å². The summed E-state index contributed by atoms with van der Waals surface area (Å²) in [6.45, 7) is 1.85. The first-order valence-corrected chi connectivity index (χ1v) is 10.3. The minimum atomic E-state index is -0.544. The van der Waals surface area contributed by atoms with E-state index in [9.17, 15) is 14.4 Å². The van der Waals surface area contributed by atoms with Crippen LogP contribution in [0.1, 0.15) is 56.3 Å². The van der Waals surface area contributed by atoms with Crippen LogP contribution in [0.15, 0.2) is 24.3 Å². The normalized spacial score (nSPS) is 17.2. The molecular weight excluding hydrogens is 396 g/mol. The predicted octanol–water partition coefficient (Wildman–Crippen LogP) is 2.77. The van der Waals surface area contributed by atoms with Gasteiger partial charge in [0.15, 0.2) is 17.9 Å². The molecule has 7 heteroatoms. The Bertz CT molecular complexity index is 1090. The molecule has 0 saturated carbocycles. The standard InChI is InChI=1S/C24H26N2O5/c1-12(27)13-8-9-14-17(10-13)22(26-11-18(30-2)31-3)20-19(21(14)25)23(28)15-6-4-5-7-16(15)24(20)29/h4-7,13,18,26H,8-11,25H2,1-3H3. The predicted molar refractivity (Wildman–Crippen MR) is 117 cm³/mol. The van der Waals surface area contributed by atoms with Crippen molar-refractivity contribution in [1.29, 1.82) is 0 Å². The average molecular weight is 422 g/mol. The first-order valence-electron chi connectivity index (χ1n) is 10.3. The molecule has 3 N–H and O–H groups in total. The number of ketones is 3. The lowest BCUT2D eigenvalue weighted by Gasteiger charge is -2.32. The van der Waals surface area contributed by atoms with Crippen LogP contribution < -0.4 is 11.1 Å². The number of methoxy groups -OCH3 is 2. The lowest BCUT2D eigenvalue weighted by Crippen LogP contribution is -2.31. The van der Waals surface area contributed by atoms with Crippen LogP contribution in [0, 0.1) is 5.92 Å². The molecular formula is C24H26N2O5. The Kier molecular flexibility index (Phi) is 5.64. The number of carbonyl (C=O) groups is 3. The number of carbonyl (C=O) groups excluding carboxylic acids is 3. The van der Waals surface area contributed by atoms with Gasteiger partial charge in [0.05, 0.1) is 17.7 Å². The van der Waals surface area contributed by atoms with Crippen molar-refractivity contribution in [2.24, 2.45) is 5.92 Å². The minimum absolute atomic E-state index is 0.104. The number of nitrogens with two attached hydrogens (primary N) is 1. The summed E-state index contributed by atoms with van der Waals surface area (Å²) in [5.41, 5.74) is 10.3. The Morgan fingerprint density at radius 3 is 2.29 bits per heavy atom. The van der Waals surface area contributed by atoms with Crippen LogP contribution in [-0.2, 0) is 27.1 Å². The van der Waals surface area contributed by atoms with E-state index < -0.39 is 6.29 Å². The summed E-state index contributed by atoms with van der Waals surface area (Å²) < 4.78 is 10.6. The van der Waals surface area contributed by atoms with Gasteiger partial charge in [-0.1, -0.05) is 24.3 Å². The van der Waals surface area contributed by atoms with Crippen LogP contribution in [-0.4, -0.2) is 44.4 Å². The molecule has 0 amide bonds. The zero-order chi connectivity index (χ0) is 22.3. The molecule has 0 aliphatic heterocycles. The molecule has 4 rings (SSSR count). The monoisotopic (exact) mass is 422 g/mol. The van der Waals surface area contributed by atoms with E-state index in [0.29, 0.717) is 41.8 Å². The highest BCUT2D eigenvalue weighted by atomic mass is 16.7. The highest BCUT2D eigenvalue weighted by Crippen LogP contribution is 2.44.